The Hall–Kier alpha value is -2.52. The summed E-state index contributed by atoms with van der Waals surface area (Å²) in [6.07, 6.45) is -1.86. The molecule has 0 fully saturated rings. The lowest BCUT2D eigenvalue weighted by Gasteiger charge is -2.27. The zero-order valence-corrected chi connectivity index (χ0v) is 22.8. The summed E-state index contributed by atoms with van der Waals surface area (Å²) in [7, 11) is 0. The molecule has 0 aliphatic heterocycles. The number of phenolic OH excluding ortho intramolecular Hbond substituents is 2. The second-order valence-corrected chi connectivity index (χ2v) is 11.3. The summed E-state index contributed by atoms with van der Waals surface area (Å²) < 4.78 is 11.0. The van der Waals surface area contributed by atoms with Crippen molar-refractivity contribution in [3.63, 3.8) is 0 Å². The lowest BCUT2D eigenvalue weighted by molar-refractivity contribution is -0.174. The van der Waals surface area contributed by atoms with Crippen LogP contribution in [-0.4, -0.2) is 46.3 Å². The first kappa shape index (κ1) is 29.7. The summed E-state index contributed by atoms with van der Waals surface area (Å²) in [5.74, 6) is -2.51. The summed E-state index contributed by atoms with van der Waals surface area (Å²) in [6.45, 7) is 11.9. The Morgan fingerprint density at radius 3 is 1.36 bits per heavy atom. The number of benzene rings is 2. The third kappa shape index (κ3) is 9.50. The van der Waals surface area contributed by atoms with Gasteiger partial charge in [0.1, 0.15) is 23.7 Å². The van der Waals surface area contributed by atoms with E-state index < -0.39 is 24.1 Å². The summed E-state index contributed by atoms with van der Waals surface area (Å²) in [5.41, 5.74) is 0.210. The van der Waals surface area contributed by atoms with Gasteiger partial charge in [-0.1, -0.05) is 35.3 Å². The minimum absolute atomic E-state index is 0.0445. The van der Waals surface area contributed by atoms with Crippen LogP contribution < -0.4 is 10.6 Å². The number of halogens is 2. The Labute approximate surface area is 221 Å². The predicted octanol–water partition coefficient (Wildman–Crippen LogP) is 5.05. The van der Waals surface area contributed by atoms with Gasteiger partial charge in [-0.15, -0.1) is 0 Å². The molecule has 0 amide bonds. The largest absolute Gasteiger partial charge is 0.508 e. The third-order valence-corrected chi connectivity index (χ3v) is 5.62. The molecule has 0 aliphatic rings. The Balaban J connectivity index is 2.25. The summed E-state index contributed by atoms with van der Waals surface area (Å²) in [4.78, 5) is 25.7. The second kappa shape index (κ2) is 12.1. The normalized spacial score (nSPS) is 13.7. The maximum Gasteiger partial charge on any atom is 0.418 e. The molecule has 0 aromatic heterocycles. The van der Waals surface area contributed by atoms with Gasteiger partial charge in [-0.05, 0) is 65.8 Å². The Kier molecular flexibility index (Phi) is 10.0. The van der Waals surface area contributed by atoms with Crippen LogP contribution in [0.5, 0.6) is 11.5 Å². The smallest absolute Gasteiger partial charge is 0.418 e. The average molecular weight is 541 g/mol. The van der Waals surface area contributed by atoms with Crippen molar-refractivity contribution in [2.24, 2.45) is 0 Å². The van der Waals surface area contributed by atoms with Crippen molar-refractivity contribution in [1.82, 2.24) is 10.6 Å². The lowest BCUT2D eigenvalue weighted by atomic mass is 10.1. The van der Waals surface area contributed by atoms with E-state index in [0.29, 0.717) is 11.1 Å². The van der Waals surface area contributed by atoms with Crippen molar-refractivity contribution in [2.45, 2.75) is 64.8 Å². The van der Waals surface area contributed by atoms with Crippen molar-refractivity contribution in [1.29, 1.82) is 0 Å². The monoisotopic (exact) mass is 540 g/mol. The highest BCUT2D eigenvalue weighted by molar-refractivity contribution is 6.32. The summed E-state index contributed by atoms with van der Waals surface area (Å²) in [6, 6.07) is 8.54. The average Bonchev–Trinajstić information content (AvgIpc) is 2.73. The minimum atomic E-state index is -1.21. The Morgan fingerprint density at radius 2 is 1.08 bits per heavy atom. The van der Waals surface area contributed by atoms with Crippen LogP contribution in [0.2, 0.25) is 10.0 Å². The topological polar surface area (TPSA) is 117 Å². The lowest BCUT2D eigenvalue weighted by Crippen LogP contribution is -2.41. The third-order valence-electron chi connectivity index (χ3n) is 4.96. The molecule has 8 nitrogen and oxygen atoms in total. The predicted molar refractivity (Wildman–Crippen MR) is 139 cm³/mol. The fraction of sp³-hybridized carbons (Fsp3) is 0.462. The van der Waals surface area contributed by atoms with E-state index in [1.165, 1.54) is 36.4 Å². The van der Waals surface area contributed by atoms with E-state index in [4.69, 9.17) is 32.7 Å². The molecule has 0 saturated carbocycles. The zero-order valence-electron chi connectivity index (χ0n) is 21.3. The van der Waals surface area contributed by atoms with E-state index in [2.05, 4.69) is 10.6 Å². The van der Waals surface area contributed by atoms with E-state index in [-0.39, 0.29) is 45.7 Å². The highest BCUT2D eigenvalue weighted by Gasteiger charge is 2.30. The molecule has 0 saturated heterocycles. The van der Waals surface area contributed by atoms with Gasteiger partial charge < -0.3 is 30.3 Å². The van der Waals surface area contributed by atoms with Crippen LogP contribution in [0.4, 0.5) is 0 Å². The van der Waals surface area contributed by atoms with E-state index in [1.54, 1.807) is 0 Å². The van der Waals surface area contributed by atoms with Crippen molar-refractivity contribution >= 4 is 35.1 Å². The fourth-order valence-corrected chi connectivity index (χ4v) is 3.73. The number of aromatic hydroxyl groups is 2. The summed E-state index contributed by atoms with van der Waals surface area (Å²) in [5, 5.41) is 26.2. The van der Waals surface area contributed by atoms with Gasteiger partial charge in [0.15, 0.2) is 0 Å². The van der Waals surface area contributed by atoms with Crippen LogP contribution in [0.25, 0.3) is 0 Å². The molecule has 0 bridgehead atoms. The molecule has 2 unspecified atom stereocenters. The van der Waals surface area contributed by atoms with Gasteiger partial charge in [-0.2, -0.15) is 0 Å². The molecular weight excluding hydrogens is 507 g/mol. The fourth-order valence-electron chi connectivity index (χ4n) is 3.14. The van der Waals surface area contributed by atoms with Crippen molar-refractivity contribution in [3.05, 3.63) is 57.6 Å². The van der Waals surface area contributed by atoms with Crippen LogP contribution in [-0.2, 0) is 19.1 Å². The number of esters is 2. The minimum Gasteiger partial charge on any atom is -0.508 e. The molecule has 2 atom stereocenters. The SMILES string of the molecule is CC(C)(C)NCC(OC(=O)C(=O)OC(CNC(C)(C)C)c1ccc(O)cc1Cl)c1ccc(O)cc1Cl. The highest BCUT2D eigenvalue weighted by atomic mass is 35.5. The first-order valence-electron chi connectivity index (χ1n) is 11.4. The zero-order chi connectivity index (χ0) is 27.3. The maximum absolute atomic E-state index is 12.8. The van der Waals surface area contributed by atoms with Crippen molar-refractivity contribution in [3.8, 4) is 11.5 Å². The molecule has 10 heteroatoms. The van der Waals surface area contributed by atoms with Crippen molar-refractivity contribution < 1.29 is 29.3 Å². The highest BCUT2D eigenvalue weighted by Crippen LogP contribution is 2.31. The molecule has 36 heavy (non-hydrogen) atoms. The first-order valence-corrected chi connectivity index (χ1v) is 12.2. The van der Waals surface area contributed by atoms with Gasteiger partial charge in [-0.25, -0.2) is 9.59 Å². The molecule has 0 spiro atoms. The number of rotatable bonds is 8. The summed E-state index contributed by atoms with van der Waals surface area (Å²) >= 11 is 12.6. The van der Waals surface area contributed by atoms with Gasteiger partial charge >= 0.3 is 11.9 Å². The van der Waals surface area contributed by atoms with E-state index in [9.17, 15) is 19.8 Å². The number of hydrogen-bond acceptors (Lipinski definition) is 8. The quantitative estimate of drug-likeness (QED) is 0.271. The van der Waals surface area contributed by atoms with Crippen LogP contribution >= 0.6 is 23.2 Å². The van der Waals surface area contributed by atoms with Gasteiger partial charge in [0.25, 0.3) is 0 Å². The first-order chi connectivity index (χ1) is 16.6. The van der Waals surface area contributed by atoms with Crippen LogP contribution in [0.15, 0.2) is 36.4 Å². The number of nitrogens with one attached hydrogen (secondary N) is 2. The number of phenols is 2. The second-order valence-electron chi connectivity index (χ2n) is 10.5. The molecule has 2 aromatic carbocycles. The molecule has 2 aromatic rings. The molecule has 0 aliphatic carbocycles. The Bertz CT molecular complexity index is 994. The Morgan fingerprint density at radius 1 is 0.750 bits per heavy atom. The van der Waals surface area contributed by atoms with E-state index >= 15 is 0 Å². The molecule has 198 valence electrons. The van der Waals surface area contributed by atoms with Gasteiger partial charge in [0.2, 0.25) is 0 Å². The number of carbonyl (C=O) groups is 2. The van der Waals surface area contributed by atoms with E-state index in [0.717, 1.165) is 0 Å². The van der Waals surface area contributed by atoms with Crippen LogP contribution in [0, 0.1) is 0 Å². The van der Waals surface area contributed by atoms with E-state index in [1.807, 2.05) is 41.5 Å². The van der Waals surface area contributed by atoms with Crippen LogP contribution in [0.1, 0.15) is 64.9 Å². The molecule has 4 N–H and O–H groups in total. The van der Waals surface area contributed by atoms with Gasteiger partial charge in [0, 0.05) is 35.3 Å². The standard InChI is InChI=1S/C26H34Cl2N2O6/c1-25(2,3)29-13-21(17-9-7-15(31)11-19(17)27)35-23(33)24(34)36-22(14-30-26(4,5)6)18-10-8-16(32)12-20(18)28/h7-12,21-22,29-32H,13-14H2,1-6H3. The van der Waals surface area contributed by atoms with Crippen molar-refractivity contribution in [2.75, 3.05) is 13.1 Å². The number of hydrogen-bond donors (Lipinski definition) is 4. The van der Waals surface area contributed by atoms with Crippen LogP contribution in [0.3, 0.4) is 0 Å². The molecule has 0 radical (unpaired) electrons. The number of ether oxygens (including phenoxy) is 2. The van der Waals surface area contributed by atoms with Gasteiger partial charge in [0.05, 0.1) is 10.0 Å². The molecular formula is C26H34Cl2N2O6. The maximum atomic E-state index is 12.8. The molecule has 2 rings (SSSR count). The molecule has 0 heterocycles. The number of carbonyl (C=O) groups excluding carboxylic acids is 2. The van der Waals surface area contributed by atoms with Gasteiger partial charge in [-0.3, -0.25) is 0 Å².